The van der Waals surface area contributed by atoms with Gasteiger partial charge in [0.15, 0.2) is 11.8 Å². The number of carbonyl (C=O) groups excluding carboxylic acids is 2. The molecular formula is C22H19BrFN3O4S. The van der Waals surface area contributed by atoms with Crippen LogP contribution in [0.1, 0.15) is 5.56 Å². The van der Waals surface area contributed by atoms with Crippen LogP contribution in [-0.2, 0) is 14.3 Å². The van der Waals surface area contributed by atoms with Crippen molar-refractivity contribution in [2.24, 2.45) is 4.99 Å². The summed E-state index contributed by atoms with van der Waals surface area (Å²) in [7, 11) is 0. The molecule has 2 heterocycles. The Balaban J connectivity index is 1.39. The van der Waals surface area contributed by atoms with Crippen molar-refractivity contribution in [3.8, 4) is 5.75 Å². The number of benzene rings is 2. The van der Waals surface area contributed by atoms with E-state index in [9.17, 15) is 14.0 Å². The summed E-state index contributed by atoms with van der Waals surface area (Å²) in [4.78, 5) is 31.0. The molecule has 2 aromatic rings. The molecule has 0 aliphatic carbocycles. The van der Waals surface area contributed by atoms with Crippen LogP contribution in [0.25, 0.3) is 6.08 Å². The van der Waals surface area contributed by atoms with E-state index in [1.807, 2.05) is 6.07 Å². The second-order valence-corrected chi connectivity index (χ2v) is 8.81. The highest BCUT2D eigenvalue weighted by Gasteiger charge is 2.24. The average molecular weight is 520 g/mol. The monoisotopic (exact) mass is 519 g/mol. The number of hydrogen-bond donors (Lipinski definition) is 1. The van der Waals surface area contributed by atoms with Crippen LogP contribution in [0.2, 0.25) is 0 Å². The molecule has 0 saturated carbocycles. The lowest BCUT2D eigenvalue weighted by Crippen LogP contribution is -2.43. The fraction of sp³-hybridized carbons (Fsp3) is 0.227. The largest absolute Gasteiger partial charge is 0.483 e. The Kier molecular flexibility index (Phi) is 7.23. The van der Waals surface area contributed by atoms with Gasteiger partial charge in [-0.2, -0.15) is 0 Å². The average Bonchev–Trinajstić information content (AvgIpc) is 3.13. The van der Waals surface area contributed by atoms with Gasteiger partial charge in [-0.25, -0.2) is 9.38 Å². The maximum atomic E-state index is 13.0. The molecule has 0 bridgehead atoms. The summed E-state index contributed by atoms with van der Waals surface area (Å²) in [5, 5.41) is 3.13. The zero-order valence-corrected chi connectivity index (χ0v) is 19.2. The van der Waals surface area contributed by atoms with Crippen LogP contribution in [0.5, 0.6) is 5.75 Å². The molecule has 2 aromatic carbocycles. The second-order valence-electron chi connectivity index (χ2n) is 6.93. The summed E-state index contributed by atoms with van der Waals surface area (Å²) < 4.78 is 24.6. The molecule has 32 heavy (non-hydrogen) atoms. The summed E-state index contributed by atoms with van der Waals surface area (Å²) in [6.07, 6.45) is 1.74. The van der Waals surface area contributed by atoms with Crippen molar-refractivity contribution >= 4 is 56.4 Å². The molecule has 0 unspecified atom stereocenters. The molecule has 2 aliphatic rings. The predicted octanol–water partition coefficient (Wildman–Crippen LogP) is 3.72. The molecule has 0 atom stereocenters. The van der Waals surface area contributed by atoms with Crippen molar-refractivity contribution in [3.63, 3.8) is 0 Å². The Morgan fingerprint density at radius 3 is 2.72 bits per heavy atom. The molecule has 166 valence electrons. The van der Waals surface area contributed by atoms with Gasteiger partial charge in [0.25, 0.3) is 11.8 Å². The van der Waals surface area contributed by atoms with Gasteiger partial charge in [-0.15, -0.1) is 0 Å². The van der Waals surface area contributed by atoms with Crippen LogP contribution in [0, 0.1) is 5.82 Å². The van der Waals surface area contributed by atoms with Gasteiger partial charge in [0.1, 0.15) is 11.6 Å². The third kappa shape index (κ3) is 5.76. The van der Waals surface area contributed by atoms with Crippen LogP contribution in [0.4, 0.5) is 10.1 Å². The van der Waals surface area contributed by atoms with Gasteiger partial charge in [0.05, 0.1) is 28.3 Å². The van der Waals surface area contributed by atoms with Crippen LogP contribution in [0.3, 0.4) is 0 Å². The number of hydrogen-bond acceptors (Lipinski definition) is 6. The lowest BCUT2D eigenvalue weighted by Gasteiger charge is -2.26. The van der Waals surface area contributed by atoms with E-state index >= 15 is 0 Å². The van der Waals surface area contributed by atoms with Gasteiger partial charge >= 0.3 is 0 Å². The van der Waals surface area contributed by atoms with Crippen molar-refractivity contribution in [3.05, 3.63) is 63.2 Å². The Labute approximate surface area is 196 Å². The zero-order valence-electron chi connectivity index (χ0n) is 16.8. The summed E-state index contributed by atoms with van der Waals surface area (Å²) in [5.74, 6) is -0.154. The number of ether oxygens (including phenoxy) is 2. The van der Waals surface area contributed by atoms with E-state index in [0.29, 0.717) is 52.3 Å². The van der Waals surface area contributed by atoms with Gasteiger partial charge in [-0.05, 0) is 75.7 Å². The molecule has 0 spiro atoms. The number of amidine groups is 1. The van der Waals surface area contributed by atoms with Crippen LogP contribution >= 0.6 is 27.7 Å². The molecule has 10 heteroatoms. The van der Waals surface area contributed by atoms with Gasteiger partial charge in [0.2, 0.25) is 0 Å². The van der Waals surface area contributed by atoms with E-state index in [1.54, 1.807) is 23.1 Å². The minimum absolute atomic E-state index is 0.0551. The number of rotatable bonds is 5. The van der Waals surface area contributed by atoms with Crippen molar-refractivity contribution in [2.45, 2.75) is 0 Å². The summed E-state index contributed by atoms with van der Waals surface area (Å²) in [5.41, 5.74) is 1.33. The van der Waals surface area contributed by atoms with E-state index in [0.717, 1.165) is 5.56 Å². The minimum Gasteiger partial charge on any atom is -0.483 e. The Morgan fingerprint density at radius 2 is 2.00 bits per heavy atom. The quantitative estimate of drug-likeness (QED) is 0.609. The molecule has 0 aromatic heterocycles. The standard InChI is InChI=1S/C22H19BrFN3O4S/c23-17-11-14(1-6-18(17)31-13-20(28)27-7-9-30-10-8-27)12-19-21(29)26-22(32-19)25-16-4-2-15(24)3-5-16/h1-6,11-12H,7-10,13H2,(H,25,26,29)/b19-12-. The molecule has 2 fully saturated rings. The number of nitrogens with one attached hydrogen (secondary N) is 1. The van der Waals surface area contributed by atoms with E-state index < -0.39 is 0 Å². The maximum absolute atomic E-state index is 13.0. The number of aliphatic imine (C=N–C) groups is 1. The van der Waals surface area contributed by atoms with Gasteiger partial charge in [0, 0.05) is 13.1 Å². The summed E-state index contributed by atoms with van der Waals surface area (Å²) in [6.45, 7) is 2.17. The molecule has 4 rings (SSSR count). The van der Waals surface area contributed by atoms with Crippen LogP contribution in [0.15, 0.2) is 56.8 Å². The highest BCUT2D eigenvalue weighted by molar-refractivity contribution is 9.10. The van der Waals surface area contributed by atoms with E-state index in [-0.39, 0.29) is 24.2 Å². The highest BCUT2D eigenvalue weighted by Crippen LogP contribution is 2.31. The molecule has 1 N–H and O–H groups in total. The number of morpholine rings is 1. The molecule has 0 radical (unpaired) electrons. The number of thioether (sulfide) groups is 1. The third-order valence-electron chi connectivity index (χ3n) is 4.68. The molecule has 7 nitrogen and oxygen atoms in total. The minimum atomic E-state index is -0.346. The fourth-order valence-corrected chi connectivity index (χ4v) is 4.39. The maximum Gasteiger partial charge on any atom is 0.264 e. The first-order valence-electron chi connectivity index (χ1n) is 9.81. The van der Waals surface area contributed by atoms with Gasteiger partial charge in [-0.3, -0.25) is 9.59 Å². The normalized spacial score (nSPS) is 18.8. The van der Waals surface area contributed by atoms with Crippen molar-refractivity contribution in [1.29, 1.82) is 0 Å². The van der Waals surface area contributed by atoms with Crippen LogP contribution < -0.4 is 10.1 Å². The molecular weight excluding hydrogens is 501 g/mol. The second kappa shape index (κ2) is 10.3. The molecule has 2 amide bonds. The van der Waals surface area contributed by atoms with Gasteiger partial charge in [-0.1, -0.05) is 6.07 Å². The van der Waals surface area contributed by atoms with Crippen molar-refractivity contribution < 1.29 is 23.5 Å². The first kappa shape index (κ1) is 22.5. The third-order valence-corrected chi connectivity index (χ3v) is 6.21. The summed E-state index contributed by atoms with van der Waals surface area (Å²) >= 11 is 4.66. The topological polar surface area (TPSA) is 80.2 Å². The van der Waals surface area contributed by atoms with E-state index in [2.05, 4.69) is 26.2 Å². The lowest BCUT2D eigenvalue weighted by molar-refractivity contribution is -0.137. The number of carbonyl (C=O) groups is 2. The SMILES string of the molecule is O=C1NC(=Nc2ccc(F)cc2)S/C1=C\c1ccc(OCC(=O)N2CCOCC2)c(Br)c1. The number of nitrogens with zero attached hydrogens (tertiary/aromatic N) is 2. The molecule has 2 aliphatic heterocycles. The number of halogens is 2. The van der Waals surface area contributed by atoms with E-state index in [4.69, 9.17) is 9.47 Å². The Morgan fingerprint density at radius 1 is 1.25 bits per heavy atom. The summed E-state index contributed by atoms with van der Waals surface area (Å²) in [6, 6.07) is 11.1. The van der Waals surface area contributed by atoms with Crippen molar-refractivity contribution in [1.82, 2.24) is 10.2 Å². The molecule has 2 saturated heterocycles. The van der Waals surface area contributed by atoms with Crippen molar-refractivity contribution in [2.75, 3.05) is 32.9 Å². The number of amides is 2. The zero-order chi connectivity index (χ0) is 22.5. The first-order chi connectivity index (χ1) is 15.5. The van der Waals surface area contributed by atoms with E-state index in [1.165, 1.54) is 36.0 Å². The fourth-order valence-electron chi connectivity index (χ4n) is 3.03. The first-order valence-corrected chi connectivity index (χ1v) is 11.4. The van der Waals surface area contributed by atoms with Crippen LogP contribution in [-0.4, -0.2) is 54.8 Å². The predicted molar refractivity (Wildman–Crippen MR) is 124 cm³/mol. The van der Waals surface area contributed by atoms with Gasteiger partial charge < -0.3 is 19.7 Å². The smallest absolute Gasteiger partial charge is 0.264 e. The highest BCUT2D eigenvalue weighted by atomic mass is 79.9. The Hall–Kier alpha value is -2.69. The Bertz CT molecular complexity index is 1090. The lowest BCUT2D eigenvalue weighted by atomic mass is 10.2.